The van der Waals surface area contributed by atoms with Gasteiger partial charge in [-0.2, -0.15) is 13.2 Å². The van der Waals surface area contributed by atoms with Crippen LogP contribution in [0.4, 0.5) is 13.2 Å². The van der Waals surface area contributed by atoms with Crippen LogP contribution in [0.1, 0.15) is 18.1 Å². The molecule has 0 aliphatic rings. The van der Waals surface area contributed by atoms with Crippen molar-refractivity contribution in [2.45, 2.75) is 13.1 Å². The lowest BCUT2D eigenvalue weighted by Crippen LogP contribution is -2.08. The SMILES string of the molecule is CCOC(=S)c1cccc(C(F)(F)F)c1. The molecule has 0 aliphatic heterocycles. The first-order valence-corrected chi connectivity index (χ1v) is 4.70. The lowest BCUT2D eigenvalue weighted by atomic mass is 10.1. The Bertz CT molecular complexity index is 360. The third-order valence-electron chi connectivity index (χ3n) is 1.70. The zero-order valence-corrected chi connectivity index (χ0v) is 8.78. The van der Waals surface area contributed by atoms with Crippen molar-refractivity contribution in [1.82, 2.24) is 0 Å². The van der Waals surface area contributed by atoms with Crippen LogP contribution in [0.5, 0.6) is 0 Å². The number of alkyl halides is 3. The van der Waals surface area contributed by atoms with Gasteiger partial charge in [0.15, 0.2) is 5.05 Å². The van der Waals surface area contributed by atoms with Crippen molar-refractivity contribution in [2.75, 3.05) is 6.61 Å². The van der Waals surface area contributed by atoms with Crippen LogP contribution in [0.25, 0.3) is 0 Å². The average molecular weight is 234 g/mol. The zero-order chi connectivity index (χ0) is 11.5. The van der Waals surface area contributed by atoms with E-state index in [1.165, 1.54) is 12.1 Å². The van der Waals surface area contributed by atoms with E-state index in [9.17, 15) is 13.2 Å². The van der Waals surface area contributed by atoms with E-state index in [0.717, 1.165) is 12.1 Å². The van der Waals surface area contributed by atoms with Crippen LogP contribution < -0.4 is 0 Å². The molecule has 1 nitrogen and oxygen atoms in total. The normalized spacial score (nSPS) is 11.2. The van der Waals surface area contributed by atoms with Gasteiger partial charge in [0.2, 0.25) is 0 Å². The molecule has 1 rings (SSSR count). The molecule has 0 unspecified atom stereocenters. The number of ether oxygens (including phenoxy) is 1. The molecule has 0 N–H and O–H groups in total. The molecular formula is C10H9F3OS. The Hall–Kier alpha value is -1.10. The summed E-state index contributed by atoms with van der Waals surface area (Å²) >= 11 is 4.81. The monoisotopic (exact) mass is 234 g/mol. The number of halogens is 3. The van der Waals surface area contributed by atoms with Crippen LogP contribution >= 0.6 is 12.2 Å². The molecule has 0 amide bonds. The molecule has 0 heterocycles. The molecule has 0 radical (unpaired) electrons. The van der Waals surface area contributed by atoms with Gasteiger partial charge in [-0.25, -0.2) is 0 Å². The highest BCUT2D eigenvalue weighted by Crippen LogP contribution is 2.29. The van der Waals surface area contributed by atoms with E-state index < -0.39 is 11.7 Å². The van der Waals surface area contributed by atoms with Gasteiger partial charge in [-0.3, -0.25) is 0 Å². The van der Waals surface area contributed by atoms with E-state index in [1.807, 2.05) is 0 Å². The number of hydrogen-bond acceptors (Lipinski definition) is 2. The zero-order valence-electron chi connectivity index (χ0n) is 7.97. The molecule has 82 valence electrons. The Labute approximate surface area is 90.9 Å². The molecule has 0 saturated carbocycles. The van der Waals surface area contributed by atoms with Crippen LogP contribution in [0, 0.1) is 0 Å². The summed E-state index contributed by atoms with van der Waals surface area (Å²) < 4.78 is 42.0. The van der Waals surface area contributed by atoms with Gasteiger partial charge in [-0.05, 0) is 31.3 Å². The Morgan fingerprint density at radius 1 is 1.40 bits per heavy atom. The van der Waals surface area contributed by atoms with Crippen LogP contribution in [0.3, 0.4) is 0 Å². The summed E-state index contributed by atoms with van der Waals surface area (Å²) in [7, 11) is 0. The van der Waals surface area contributed by atoms with Crippen LogP contribution in [-0.4, -0.2) is 11.7 Å². The third-order valence-corrected chi connectivity index (χ3v) is 2.05. The summed E-state index contributed by atoms with van der Waals surface area (Å²) in [6.45, 7) is 2.06. The summed E-state index contributed by atoms with van der Waals surface area (Å²) in [5, 5.41) is 0.0867. The third kappa shape index (κ3) is 3.20. The van der Waals surface area contributed by atoms with Crippen molar-refractivity contribution in [1.29, 1.82) is 0 Å². The molecule has 0 aliphatic carbocycles. The average Bonchev–Trinajstić information content (AvgIpc) is 2.17. The fourth-order valence-corrected chi connectivity index (χ4v) is 1.28. The van der Waals surface area contributed by atoms with E-state index in [-0.39, 0.29) is 10.6 Å². The number of hydrogen-bond donors (Lipinski definition) is 0. The molecule has 5 heteroatoms. The van der Waals surface area contributed by atoms with Crippen LogP contribution in [-0.2, 0) is 10.9 Å². The summed E-state index contributed by atoms with van der Waals surface area (Å²) in [4.78, 5) is 0. The van der Waals surface area contributed by atoms with E-state index >= 15 is 0 Å². The fraction of sp³-hybridized carbons (Fsp3) is 0.300. The predicted octanol–water partition coefficient (Wildman–Crippen LogP) is 3.42. The molecule has 15 heavy (non-hydrogen) atoms. The molecule has 0 fully saturated rings. The van der Waals surface area contributed by atoms with Gasteiger partial charge in [0.25, 0.3) is 0 Å². The largest absolute Gasteiger partial charge is 0.483 e. The van der Waals surface area contributed by atoms with E-state index in [1.54, 1.807) is 6.92 Å². The first-order valence-electron chi connectivity index (χ1n) is 4.29. The van der Waals surface area contributed by atoms with Gasteiger partial charge in [-0.15, -0.1) is 0 Å². The minimum absolute atomic E-state index is 0.0867. The molecule has 0 atom stereocenters. The predicted molar refractivity (Wildman–Crippen MR) is 54.8 cm³/mol. The van der Waals surface area contributed by atoms with Gasteiger partial charge in [-0.1, -0.05) is 12.1 Å². The Kier molecular flexibility index (Phi) is 3.68. The number of rotatable bonds is 2. The Morgan fingerprint density at radius 3 is 2.60 bits per heavy atom. The summed E-state index contributed by atoms with van der Waals surface area (Å²) in [5.41, 5.74) is -0.441. The van der Waals surface area contributed by atoms with Crippen molar-refractivity contribution in [3.63, 3.8) is 0 Å². The minimum Gasteiger partial charge on any atom is -0.483 e. The van der Waals surface area contributed by atoms with Crippen molar-refractivity contribution in [2.24, 2.45) is 0 Å². The summed E-state index contributed by atoms with van der Waals surface area (Å²) in [5.74, 6) is 0. The Morgan fingerprint density at radius 2 is 2.07 bits per heavy atom. The second-order valence-corrected chi connectivity index (χ2v) is 3.17. The first-order chi connectivity index (χ1) is 6.95. The molecule has 0 saturated heterocycles. The van der Waals surface area contributed by atoms with Crippen molar-refractivity contribution >= 4 is 17.3 Å². The second-order valence-electron chi connectivity index (χ2n) is 2.80. The number of thiocarbonyl (C=S) groups is 1. The smallest absolute Gasteiger partial charge is 0.416 e. The van der Waals surface area contributed by atoms with Crippen LogP contribution in [0.2, 0.25) is 0 Å². The van der Waals surface area contributed by atoms with E-state index in [2.05, 4.69) is 0 Å². The van der Waals surface area contributed by atoms with Crippen molar-refractivity contribution < 1.29 is 17.9 Å². The highest BCUT2D eigenvalue weighted by Gasteiger charge is 2.30. The Balaban J connectivity index is 2.98. The van der Waals surface area contributed by atoms with Crippen molar-refractivity contribution in [3.05, 3.63) is 35.4 Å². The topological polar surface area (TPSA) is 9.23 Å². The maximum Gasteiger partial charge on any atom is 0.416 e. The van der Waals surface area contributed by atoms with Gasteiger partial charge in [0.1, 0.15) is 0 Å². The van der Waals surface area contributed by atoms with Gasteiger partial charge < -0.3 is 4.74 Å². The lowest BCUT2D eigenvalue weighted by molar-refractivity contribution is -0.137. The molecular weight excluding hydrogens is 225 g/mol. The standard InChI is InChI=1S/C10H9F3OS/c1-2-14-9(15)7-4-3-5-8(6-7)10(11,12)13/h3-6H,2H2,1H3. The maximum absolute atomic E-state index is 12.3. The molecule has 1 aromatic carbocycles. The maximum atomic E-state index is 12.3. The van der Waals surface area contributed by atoms with Crippen LogP contribution in [0.15, 0.2) is 24.3 Å². The lowest BCUT2D eigenvalue weighted by Gasteiger charge is -2.09. The summed E-state index contributed by atoms with van der Waals surface area (Å²) in [6.07, 6.45) is -4.35. The quantitative estimate of drug-likeness (QED) is 0.725. The highest BCUT2D eigenvalue weighted by atomic mass is 32.1. The molecule has 0 spiro atoms. The van der Waals surface area contributed by atoms with E-state index in [4.69, 9.17) is 17.0 Å². The van der Waals surface area contributed by atoms with E-state index in [0.29, 0.717) is 6.61 Å². The van der Waals surface area contributed by atoms with Gasteiger partial charge >= 0.3 is 6.18 Å². The first kappa shape index (κ1) is 12.0. The van der Waals surface area contributed by atoms with Crippen molar-refractivity contribution in [3.8, 4) is 0 Å². The molecule has 1 aromatic rings. The fourth-order valence-electron chi connectivity index (χ4n) is 1.04. The molecule has 0 bridgehead atoms. The van der Waals surface area contributed by atoms with Gasteiger partial charge in [0, 0.05) is 5.56 Å². The number of benzene rings is 1. The summed E-state index contributed by atoms with van der Waals surface area (Å²) in [6, 6.07) is 4.78. The van der Waals surface area contributed by atoms with Gasteiger partial charge in [0.05, 0.1) is 12.2 Å². The highest BCUT2D eigenvalue weighted by molar-refractivity contribution is 7.80. The molecule has 0 aromatic heterocycles. The minimum atomic E-state index is -4.35. The second kappa shape index (κ2) is 4.61.